The number of hydrogen-bond donors (Lipinski definition) is 1. The average molecular weight is 348 g/mol. The Morgan fingerprint density at radius 3 is 1.36 bits per heavy atom. The summed E-state index contributed by atoms with van der Waals surface area (Å²) in [6.07, 6.45) is 23.3. The Labute approximate surface area is 155 Å². The van der Waals surface area contributed by atoms with Crippen molar-refractivity contribution in [3.63, 3.8) is 0 Å². The molecule has 4 unspecified atom stereocenters. The number of Topliss-reactive ketones (excluding diaryl/α,β-unsaturated/α-hetero) is 1. The minimum Gasteiger partial charge on any atom is -0.311 e. The Morgan fingerprint density at radius 1 is 0.480 bits per heavy atom. The highest BCUT2D eigenvalue weighted by Crippen LogP contribution is 2.31. The molecule has 2 nitrogen and oxygen atoms in total. The van der Waals surface area contributed by atoms with E-state index in [1.807, 2.05) is 0 Å². The SMILES string of the molecule is O=C1C2CCCCCCCC(CC2)NC2CCCCCCCC1CC2. The lowest BCUT2D eigenvalue weighted by Gasteiger charge is -2.31. The standard InChI is InChI=1S/C23H41NO/c25-23-19-11-7-3-1-5-9-13-21(17-15-19)24-22-14-10-6-2-4-8-12-20(23)16-18-22/h19-22,24H,1-18H2. The molecule has 3 aliphatic rings. The third-order valence-corrected chi connectivity index (χ3v) is 7.21. The van der Waals surface area contributed by atoms with E-state index in [0.717, 1.165) is 12.8 Å². The van der Waals surface area contributed by atoms with Crippen LogP contribution in [-0.4, -0.2) is 17.9 Å². The Morgan fingerprint density at radius 2 is 0.880 bits per heavy atom. The summed E-state index contributed by atoms with van der Waals surface area (Å²) in [6.45, 7) is 0. The van der Waals surface area contributed by atoms with Crippen LogP contribution in [0.5, 0.6) is 0 Å². The van der Waals surface area contributed by atoms with Gasteiger partial charge in [-0.15, -0.1) is 0 Å². The summed E-state index contributed by atoms with van der Waals surface area (Å²) >= 11 is 0. The van der Waals surface area contributed by atoms with Crippen LogP contribution in [0.2, 0.25) is 0 Å². The molecule has 3 fully saturated rings. The van der Waals surface area contributed by atoms with Gasteiger partial charge in [-0.25, -0.2) is 0 Å². The van der Waals surface area contributed by atoms with Crippen molar-refractivity contribution in [2.24, 2.45) is 11.8 Å². The van der Waals surface area contributed by atoms with Gasteiger partial charge >= 0.3 is 0 Å². The second kappa shape index (κ2) is 10.7. The van der Waals surface area contributed by atoms with Crippen molar-refractivity contribution < 1.29 is 4.79 Å². The van der Waals surface area contributed by atoms with Crippen molar-refractivity contribution in [3.8, 4) is 0 Å². The average Bonchev–Trinajstić information content (AvgIpc) is 2.71. The Kier molecular flexibility index (Phi) is 8.30. The van der Waals surface area contributed by atoms with Gasteiger partial charge in [0.15, 0.2) is 0 Å². The third kappa shape index (κ3) is 6.38. The van der Waals surface area contributed by atoms with E-state index >= 15 is 0 Å². The first-order valence-corrected chi connectivity index (χ1v) is 11.6. The topological polar surface area (TPSA) is 29.1 Å². The number of nitrogens with one attached hydrogen (secondary N) is 1. The lowest BCUT2D eigenvalue weighted by Crippen LogP contribution is -2.41. The van der Waals surface area contributed by atoms with Gasteiger partial charge in [0.1, 0.15) is 5.78 Å². The first-order valence-electron chi connectivity index (χ1n) is 11.6. The third-order valence-electron chi connectivity index (χ3n) is 7.21. The monoisotopic (exact) mass is 347 g/mol. The lowest BCUT2D eigenvalue weighted by atomic mass is 9.79. The van der Waals surface area contributed by atoms with Gasteiger partial charge in [0.05, 0.1) is 0 Å². The fourth-order valence-electron chi connectivity index (χ4n) is 5.57. The number of ketones is 1. The van der Waals surface area contributed by atoms with Crippen LogP contribution in [0.15, 0.2) is 0 Å². The molecule has 0 aromatic rings. The van der Waals surface area contributed by atoms with Gasteiger partial charge < -0.3 is 5.32 Å². The van der Waals surface area contributed by atoms with Crippen molar-refractivity contribution in [1.29, 1.82) is 0 Å². The van der Waals surface area contributed by atoms with E-state index in [1.165, 1.54) is 103 Å². The molecule has 25 heavy (non-hydrogen) atoms. The van der Waals surface area contributed by atoms with Crippen LogP contribution in [0, 0.1) is 11.8 Å². The maximum atomic E-state index is 13.4. The molecule has 2 heteroatoms. The van der Waals surface area contributed by atoms with Crippen LogP contribution in [0.25, 0.3) is 0 Å². The molecule has 2 aliphatic carbocycles. The van der Waals surface area contributed by atoms with E-state index in [0.29, 0.717) is 29.7 Å². The Balaban J connectivity index is 1.76. The molecule has 1 saturated heterocycles. The van der Waals surface area contributed by atoms with Gasteiger partial charge in [0.25, 0.3) is 0 Å². The molecule has 0 spiro atoms. The number of rotatable bonds is 0. The minimum atomic E-state index is 0.370. The summed E-state index contributed by atoms with van der Waals surface area (Å²) in [5.74, 6) is 1.40. The van der Waals surface area contributed by atoms with E-state index in [1.54, 1.807) is 0 Å². The zero-order valence-electron chi connectivity index (χ0n) is 16.4. The fraction of sp³-hybridized carbons (Fsp3) is 0.957. The van der Waals surface area contributed by atoms with Gasteiger partial charge in [-0.1, -0.05) is 64.2 Å². The normalized spacial score (nSPS) is 37.0. The molecule has 0 aromatic carbocycles. The second-order valence-corrected chi connectivity index (χ2v) is 9.20. The van der Waals surface area contributed by atoms with E-state index in [4.69, 9.17) is 0 Å². The van der Waals surface area contributed by atoms with Crippen LogP contribution in [0.4, 0.5) is 0 Å². The largest absolute Gasteiger partial charge is 0.311 e. The number of carbonyl (C=O) groups is 1. The lowest BCUT2D eigenvalue weighted by molar-refractivity contribution is -0.128. The van der Waals surface area contributed by atoms with E-state index in [9.17, 15) is 4.79 Å². The molecule has 4 atom stereocenters. The van der Waals surface area contributed by atoms with Gasteiger partial charge in [0.2, 0.25) is 0 Å². The summed E-state index contributed by atoms with van der Waals surface area (Å²) in [6, 6.07) is 1.33. The predicted octanol–water partition coefficient (Wildman–Crippen LogP) is 6.18. The van der Waals surface area contributed by atoms with Crippen LogP contribution < -0.4 is 5.32 Å². The van der Waals surface area contributed by atoms with Crippen LogP contribution in [0.1, 0.15) is 116 Å². The molecule has 144 valence electrons. The Hall–Kier alpha value is -0.370. The maximum absolute atomic E-state index is 13.4. The van der Waals surface area contributed by atoms with Gasteiger partial charge in [-0.3, -0.25) is 4.79 Å². The van der Waals surface area contributed by atoms with Crippen molar-refractivity contribution >= 4 is 5.78 Å². The van der Waals surface area contributed by atoms with Crippen molar-refractivity contribution in [2.75, 3.05) is 0 Å². The first-order chi connectivity index (χ1) is 12.3. The smallest absolute Gasteiger partial charge is 0.139 e. The van der Waals surface area contributed by atoms with Gasteiger partial charge in [-0.2, -0.15) is 0 Å². The molecule has 3 rings (SSSR count). The van der Waals surface area contributed by atoms with E-state index in [2.05, 4.69) is 5.32 Å². The first kappa shape index (κ1) is 19.4. The molecular weight excluding hydrogens is 306 g/mol. The van der Waals surface area contributed by atoms with E-state index in [-0.39, 0.29) is 0 Å². The number of hydrogen-bond acceptors (Lipinski definition) is 2. The molecule has 0 amide bonds. The number of carbonyl (C=O) groups excluding carboxylic acids is 1. The van der Waals surface area contributed by atoms with Crippen molar-refractivity contribution in [2.45, 2.75) is 128 Å². The second-order valence-electron chi connectivity index (χ2n) is 9.20. The summed E-state index contributed by atoms with van der Waals surface area (Å²) in [7, 11) is 0. The quantitative estimate of drug-likeness (QED) is 0.567. The summed E-state index contributed by atoms with van der Waals surface area (Å²) in [5.41, 5.74) is 0. The molecule has 4 bridgehead atoms. The Bertz CT molecular complexity index is 360. The zero-order valence-corrected chi connectivity index (χ0v) is 16.4. The molecule has 1 aliphatic heterocycles. The molecule has 0 aromatic heterocycles. The highest BCUT2D eigenvalue weighted by Gasteiger charge is 2.30. The van der Waals surface area contributed by atoms with Crippen molar-refractivity contribution in [1.82, 2.24) is 5.32 Å². The highest BCUT2D eigenvalue weighted by atomic mass is 16.1. The zero-order chi connectivity index (χ0) is 17.3. The predicted molar refractivity (Wildman–Crippen MR) is 106 cm³/mol. The fourth-order valence-corrected chi connectivity index (χ4v) is 5.57. The van der Waals surface area contributed by atoms with Crippen LogP contribution in [0.3, 0.4) is 0 Å². The van der Waals surface area contributed by atoms with Gasteiger partial charge in [-0.05, 0) is 51.4 Å². The molecule has 1 N–H and O–H groups in total. The van der Waals surface area contributed by atoms with Crippen molar-refractivity contribution in [3.05, 3.63) is 0 Å². The minimum absolute atomic E-state index is 0.370. The molecule has 2 saturated carbocycles. The van der Waals surface area contributed by atoms with E-state index < -0.39 is 0 Å². The summed E-state index contributed by atoms with van der Waals surface area (Å²) in [5, 5.41) is 4.08. The molecular formula is C23H41NO. The molecule has 0 radical (unpaired) electrons. The number of fused-ring (bicyclic) bond motifs is 6. The van der Waals surface area contributed by atoms with Gasteiger partial charge in [0, 0.05) is 23.9 Å². The highest BCUT2D eigenvalue weighted by molar-refractivity contribution is 5.83. The maximum Gasteiger partial charge on any atom is 0.139 e. The summed E-state index contributed by atoms with van der Waals surface area (Å²) < 4.78 is 0. The summed E-state index contributed by atoms with van der Waals surface area (Å²) in [4.78, 5) is 13.4. The van der Waals surface area contributed by atoms with Crippen LogP contribution >= 0.6 is 0 Å². The van der Waals surface area contributed by atoms with Crippen LogP contribution in [-0.2, 0) is 4.79 Å². The molecule has 1 heterocycles.